The molecule has 2 aliphatic carbocycles. The van der Waals surface area contributed by atoms with Crippen molar-refractivity contribution in [2.24, 2.45) is 29.1 Å². The van der Waals surface area contributed by atoms with E-state index >= 15 is 0 Å². The Balaban J connectivity index is 1.56. The van der Waals surface area contributed by atoms with Crippen LogP contribution in [0.25, 0.3) is 0 Å². The van der Waals surface area contributed by atoms with E-state index in [-0.39, 0.29) is 46.7 Å². The molecule has 2 N–H and O–H groups in total. The monoisotopic (exact) mass is 568 g/mol. The van der Waals surface area contributed by atoms with Crippen LogP contribution in [0.4, 0.5) is 10.1 Å². The van der Waals surface area contributed by atoms with Crippen molar-refractivity contribution in [2.45, 2.75) is 32.6 Å². The van der Waals surface area contributed by atoms with E-state index in [0.29, 0.717) is 11.1 Å². The summed E-state index contributed by atoms with van der Waals surface area (Å²) in [5.41, 5.74) is -0.335. The molecule has 2 aliphatic heterocycles. The Morgan fingerprint density at radius 1 is 1.10 bits per heavy atom. The molecule has 0 bridgehead atoms. The zero-order chi connectivity index (χ0) is 28.7. The second-order valence-electron chi connectivity index (χ2n) is 10.9. The number of para-hydroxylation sites is 1. The molecule has 2 saturated heterocycles. The molecule has 2 heterocycles. The van der Waals surface area contributed by atoms with Crippen molar-refractivity contribution in [2.75, 3.05) is 11.5 Å². The first kappa shape index (κ1) is 26.5. The molecule has 6 rings (SSSR count). The summed E-state index contributed by atoms with van der Waals surface area (Å²) in [5, 5.41) is 21.4. The first-order valence-electron chi connectivity index (χ1n) is 13.1. The lowest BCUT2D eigenvalue weighted by Crippen LogP contribution is -2.48. The molecule has 6 atom stereocenters. The number of nitrogens with zero attached hydrogens (tertiary/aromatic N) is 2. The minimum absolute atomic E-state index is 0.0643. The van der Waals surface area contributed by atoms with Crippen molar-refractivity contribution < 1.29 is 38.6 Å². The van der Waals surface area contributed by atoms with Gasteiger partial charge in [-0.3, -0.25) is 24.4 Å². The van der Waals surface area contributed by atoms with Gasteiger partial charge in [-0.1, -0.05) is 35.4 Å². The number of fused-ring (bicyclic) bond motifs is 4. The minimum Gasteiger partial charge on any atom is -0.504 e. The van der Waals surface area contributed by atoms with Crippen LogP contribution < -0.4 is 9.64 Å². The summed E-state index contributed by atoms with van der Waals surface area (Å²) in [6.45, 7) is 3.69. The molecule has 40 heavy (non-hydrogen) atoms. The van der Waals surface area contributed by atoms with Gasteiger partial charge in [-0.2, -0.15) is 5.06 Å². The van der Waals surface area contributed by atoms with Crippen LogP contribution in [0, 0.1) is 34.9 Å². The van der Waals surface area contributed by atoms with Crippen molar-refractivity contribution >= 4 is 40.9 Å². The van der Waals surface area contributed by atoms with E-state index in [2.05, 4.69) is 0 Å². The third-order valence-corrected chi connectivity index (χ3v) is 9.34. The number of hydrogen-bond donors (Lipinski definition) is 2. The van der Waals surface area contributed by atoms with E-state index in [4.69, 9.17) is 16.3 Å². The molecular formula is C29H26ClFN2O7. The number of halogens is 2. The summed E-state index contributed by atoms with van der Waals surface area (Å²) in [5.74, 6) is -7.46. The van der Waals surface area contributed by atoms with Crippen molar-refractivity contribution in [1.29, 1.82) is 0 Å². The number of hydroxylamine groups is 2. The van der Waals surface area contributed by atoms with Gasteiger partial charge in [-0.25, -0.2) is 9.29 Å². The second kappa shape index (κ2) is 9.14. The van der Waals surface area contributed by atoms with Crippen molar-refractivity contribution in [3.63, 3.8) is 0 Å². The van der Waals surface area contributed by atoms with Crippen LogP contribution in [-0.2, 0) is 19.2 Å². The molecule has 1 saturated carbocycles. The van der Waals surface area contributed by atoms with E-state index in [1.165, 1.54) is 12.1 Å². The Hall–Kier alpha value is -3.76. The van der Waals surface area contributed by atoms with E-state index in [9.17, 15) is 33.9 Å². The van der Waals surface area contributed by atoms with Gasteiger partial charge in [0.1, 0.15) is 5.82 Å². The predicted octanol–water partition coefficient (Wildman–Crippen LogP) is 4.20. The lowest BCUT2D eigenvalue weighted by Gasteiger charge is -2.49. The van der Waals surface area contributed by atoms with Crippen LogP contribution in [0.2, 0.25) is 5.02 Å². The SMILES string of the molecule is CCOc1cccc(C2C3=CCC4C(=O)N(O)C(=O)C4C3CC3C(=O)N(c4ccc(F)c(Cl)c4)C(=O)C32C)c1O. The molecule has 0 aromatic heterocycles. The van der Waals surface area contributed by atoms with Gasteiger partial charge in [0, 0.05) is 11.5 Å². The van der Waals surface area contributed by atoms with E-state index in [0.717, 1.165) is 11.0 Å². The van der Waals surface area contributed by atoms with Gasteiger partial charge in [-0.15, -0.1) is 0 Å². The number of aromatic hydroxyl groups is 1. The summed E-state index contributed by atoms with van der Waals surface area (Å²) in [6, 6.07) is 8.49. The molecule has 0 radical (unpaired) electrons. The normalized spacial score (nSPS) is 31.2. The van der Waals surface area contributed by atoms with Crippen LogP contribution in [0.15, 0.2) is 48.0 Å². The fraction of sp³-hybridized carbons (Fsp3) is 0.379. The smallest absolute Gasteiger partial charge is 0.257 e. The number of allylic oxidation sites excluding steroid dienone is 2. The van der Waals surface area contributed by atoms with Gasteiger partial charge < -0.3 is 9.84 Å². The zero-order valence-corrected chi connectivity index (χ0v) is 22.4. The third-order valence-electron chi connectivity index (χ3n) is 9.05. The van der Waals surface area contributed by atoms with Crippen LogP contribution in [-0.4, -0.2) is 45.6 Å². The van der Waals surface area contributed by atoms with E-state index in [1.807, 2.05) is 0 Å². The number of anilines is 1. The third kappa shape index (κ3) is 3.42. The molecule has 3 fully saturated rings. The zero-order valence-electron chi connectivity index (χ0n) is 21.6. The molecule has 2 aromatic rings. The fourth-order valence-electron chi connectivity index (χ4n) is 7.26. The molecule has 208 valence electrons. The van der Waals surface area contributed by atoms with Crippen molar-refractivity contribution in [3.05, 3.63) is 64.5 Å². The maximum absolute atomic E-state index is 14.3. The molecule has 4 aliphatic rings. The summed E-state index contributed by atoms with van der Waals surface area (Å²) in [7, 11) is 0. The first-order valence-corrected chi connectivity index (χ1v) is 13.4. The van der Waals surface area contributed by atoms with Gasteiger partial charge in [-0.05, 0) is 56.9 Å². The number of carbonyl (C=O) groups is 4. The summed E-state index contributed by atoms with van der Waals surface area (Å²) >= 11 is 5.99. The maximum Gasteiger partial charge on any atom is 0.257 e. The number of imide groups is 2. The number of phenolic OH excluding ortho intramolecular Hbond substituents is 1. The Bertz CT molecular complexity index is 1530. The Kier molecular flexibility index (Phi) is 6.05. The van der Waals surface area contributed by atoms with Gasteiger partial charge in [0.15, 0.2) is 11.5 Å². The van der Waals surface area contributed by atoms with Gasteiger partial charge in [0.25, 0.3) is 11.8 Å². The highest BCUT2D eigenvalue weighted by Crippen LogP contribution is 2.64. The molecule has 4 amide bonds. The second-order valence-corrected chi connectivity index (χ2v) is 11.3. The van der Waals surface area contributed by atoms with Crippen LogP contribution in [0.3, 0.4) is 0 Å². The minimum atomic E-state index is -1.42. The average Bonchev–Trinajstić information content (AvgIpc) is 3.27. The molecule has 9 nitrogen and oxygen atoms in total. The van der Waals surface area contributed by atoms with Crippen LogP contribution in [0.5, 0.6) is 11.5 Å². The Labute approximate surface area is 233 Å². The quantitative estimate of drug-likeness (QED) is 0.322. The number of rotatable bonds is 4. The lowest BCUT2D eigenvalue weighted by molar-refractivity contribution is -0.173. The molecule has 2 aromatic carbocycles. The topological polar surface area (TPSA) is 124 Å². The standard InChI is InChI=1S/C29H26ClFN2O7/c1-3-40-21-6-4-5-16(24(21)34)23-14-8-9-15-22(27(37)33(39)25(15)35)17(14)12-18-26(36)32(28(38)29(18,23)2)13-7-10-20(31)19(30)11-13/h4-8,10-11,15,17-18,22-23,34,39H,3,9,12H2,1-2H3. The van der Waals surface area contributed by atoms with E-state index in [1.54, 1.807) is 38.1 Å². The lowest BCUT2D eigenvalue weighted by atomic mass is 9.51. The van der Waals surface area contributed by atoms with Gasteiger partial charge in [0.05, 0.1) is 40.5 Å². The fourth-order valence-corrected chi connectivity index (χ4v) is 7.43. The Morgan fingerprint density at radius 3 is 2.55 bits per heavy atom. The summed E-state index contributed by atoms with van der Waals surface area (Å²) in [4.78, 5) is 55.0. The molecule has 0 spiro atoms. The highest BCUT2D eigenvalue weighted by Gasteiger charge is 2.68. The van der Waals surface area contributed by atoms with Crippen molar-refractivity contribution in [1.82, 2.24) is 5.06 Å². The van der Waals surface area contributed by atoms with Gasteiger partial charge >= 0.3 is 0 Å². The largest absolute Gasteiger partial charge is 0.504 e. The molecular weight excluding hydrogens is 543 g/mol. The van der Waals surface area contributed by atoms with Crippen LogP contribution in [0.1, 0.15) is 38.2 Å². The average molecular weight is 569 g/mol. The maximum atomic E-state index is 14.3. The first-order chi connectivity index (χ1) is 19.0. The molecule has 11 heteroatoms. The highest BCUT2D eigenvalue weighted by molar-refractivity contribution is 6.31. The number of carbonyl (C=O) groups excluding carboxylic acids is 4. The molecule has 6 unspecified atom stereocenters. The number of hydrogen-bond acceptors (Lipinski definition) is 7. The van der Waals surface area contributed by atoms with Gasteiger partial charge in [0.2, 0.25) is 11.8 Å². The number of ether oxygens (including phenoxy) is 1. The summed E-state index contributed by atoms with van der Waals surface area (Å²) < 4.78 is 19.6. The predicted molar refractivity (Wildman–Crippen MR) is 139 cm³/mol. The number of amides is 4. The highest BCUT2D eigenvalue weighted by atomic mass is 35.5. The Morgan fingerprint density at radius 2 is 1.85 bits per heavy atom. The van der Waals surface area contributed by atoms with E-state index < -0.39 is 64.5 Å². The van der Waals surface area contributed by atoms with Crippen LogP contribution >= 0.6 is 11.6 Å². The van der Waals surface area contributed by atoms with Crippen molar-refractivity contribution in [3.8, 4) is 11.5 Å². The number of benzene rings is 2. The summed E-state index contributed by atoms with van der Waals surface area (Å²) in [6.07, 6.45) is 2.01. The number of phenols is 1.